The number of hydrogen-bond acceptors (Lipinski definition) is 3. The van der Waals surface area contributed by atoms with Crippen LogP contribution in [0, 0.1) is 0 Å². The molecule has 0 aliphatic carbocycles. The molecule has 0 spiro atoms. The van der Waals surface area contributed by atoms with Crippen LogP contribution in [0.1, 0.15) is 31.5 Å². The summed E-state index contributed by atoms with van der Waals surface area (Å²) < 4.78 is 0. The highest BCUT2D eigenvalue weighted by Gasteiger charge is 2.00. The van der Waals surface area contributed by atoms with Crippen molar-refractivity contribution in [3.63, 3.8) is 0 Å². The molecular formula is C10H16N2S. The second-order valence-electron chi connectivity index (χ2n) is 3.20. The number of thiazole rings is 1. The summed E-state index contributed by atoms with van der Waals surface area (Å²) in [5.41, 5.74) is 7.94. The lowest BCUT2D eigenvalue weighted by Gasteiger charge is -2.02. The molecule has 1 aromatic rings. The van der Waals surface area contributed by atoms with Crippen LogP contribution in [-0.4, -0.2) is 11.0 Å². The Kier molecular flexibility index (Phi) is 3.63. The van der Waals surface area contributed by atoms with Gasteiger partial charge in [-0.2, -0.15) is 0 Å². The molecule has 0 amide bonds. The fraction of sp³-hybridized carbons (Fsp3) is 0.500. The van der Waals surface area contributed by atoms with Crippen molar-refractivity contribution in [1.82, 2.24) is 4.98 Å². The fourth-order valence-corrected chi connectivity index (χ4v) is 1.62. The fourth-order valence-electron chi connectivity index (χ4n) is 0.918. The van der Waals surface area contributed by atoms with Crippen LogP contribution in [0.15, 0.2) is 11.0 Å². The first-order valence-corrected chi connectivity index (χ1v) is 5.39. The van der Waals surface area contributed by atoms with Crippen LogP contribution < -0.4 is 5.73 Å². The van der Waals surface area contributed by atoms with E-state index in [1.54, 1.807) is 11.3 Å². The molecule has 0 aromatic carbocycles. The third-order valence-corrected chi connectivity index (χ3v) is 2.98. The maximum absolute atomic E-state index is 5.73. The molecular weight excluding hydrogens is 180 g/mol. The van der Waals surface area contributed by atoms with Gasteiger partial charge in [-0.05, 0) is 26.3 Å². The minimum atomic E-state index is 0.117. The molecule has 1 aromatic heterocycles. The summed E-state index contributed by atoms with van der Waals surface area (Å²) in [6.45, 7) is 6.14. The maximum atomic E-state index is 5.73. The predicted octanol–water partition coefficient (Wildman–Crippen LogP) is 2.46. The summed E-state index contributed by atoms with van der Waals surface area (Å²) in [5, 5.41) is 3.26. The van der Waals surface area contributed by atoms with Crippen molar-refractivity contribution in [2.24, 2.45) is 5.73 Å². The zero-order valence-corrected chi connectivity index (χ0v) is 9.19. The Balaban J connectivity index is 2.79. The van der Waals surface area contributed by atoms with Crippen molar-refractivity contribution in [2.75, 3.05) is 0 Å². The van der Waals surface area contributed by atoms with Crippen LogP contribution in [0.5, 0.6) is 0 Å². The Morgan fingerprint density at radius 1 is 1.77 bits per heavy atom. The highest BCUT2D eigenvalue weighted by atomic mass is 32.1. The molecule has 0 bridgehead atoms. The second kappa shape index (κ2) is 4.53. The van der Waals surface area contributed by atoms with Gasteiger partial charge in [0.1, 0.15) is 0 Å². The Morgan fingerprint density at radius 3 is 2.92 bits per heavy atom. The first-order valence-electron chi connectivity index (χ1n) is 4.51. The monoisotopic (exact) mass is 196 g/mol. The van der Waals surface area contributed by atoms with Crippen LogP contribution in [-0.2, 0) is 6.42 Å². The van der Waals surface area contributed by atoms with E-state index in [2.05, 4.69) is 23.4 Å². The minimum Gasteiger partial charge on any atom is -0.324 e. The molecule has 0 aliphatic heterocycles. The molecule has 1 unspecified atom stereocenters. The Labute approximate surface area is 83.5 Å². The van der Waals surface area contributed by atoms with E-state index >= 15 is 0 Å². The van der Waals surface area contributed by atoms with Gasteiger partial charge in [0.15, 0.2) is 0 Å². The van der Waals surface area contributed by atoms with Crippen molar-refractivity contribution < 1.29 is 0 Å². The number of nitrogens with two attached hydrogens (primary N) is 1. The highest BCUT2D eigenvalue weighted by molar-refractivity contribution is 7.09. The van der Waals surface area contributed by atoms with Crippen LogP contribution in [0.2, 0.25) is 0 Å². The lowest BCUT2D eigenvalue weighted by Crippen LogP contribution is -2.15. The Hall–Kier alpha value is -0.670. The van der Waals surface area contributed by atoms with E-state index in [1.807, 2.05) is 13.8 Å². The van der Waals surface area contributed by atoms with Gasteiger partial charge in [-0.3, -0.25) is 0 Å². The van der Waals surface area contributed by atoms with Gasteiger partial charge in [0, 0.05) is 11.4 Å². The third-order valence-electron chi connectivity index (χ3n) is 1.97. The first kappa shape index (κ1) is 10.4. The van der Waals surface area contributed by atoms with E-state index in [4.69, 9.17) is 5.73 Å². The normalized spacial score (nSPS) is 14.6. The van der Waals surface area contributed by atoms with Gasteiger partial charge < -0.3 is 5.73 Å². The SMILES string of the molecule is CCc1nc(/C=C(/C)C(C)N)cs1. The third kappa shape index (κ3) is 2.94. The van der Waals surface area contributed by atoms with Gasteiger partial charge in [0.2, 0.25) is 0 Å². The molecule has 0 saturated heterocycles. The van der Waals surface area contributed by atoms with Crippen molar-refractivity contribution in [3.05, 3.63) is 21.7 Å². The Bertz CT molecular complexity index is 300. The quantitative estimate of drug-likeness (QED) is 0.806. The van der Waals surface area contributed by atoms with E-state index in [1.165, 1.54) is 10.6 Å². The molecule has 2 N–H and O–H groups in total. The standard InChI is InChI=1S/C10H16N2S/c1-4-10-12-9(6-13-10)5-7(2)8(3)11/h5-6,8H,4,11H2,1-3H3/b7-5-. The van der Waals surface area contributed by atoms with Crippen molar-refractivity contribution in [1.29, 1.82) is 0 Å². The summed E-state index contributed by atoms with van der Waals surface area (Å²) in [7, 11) is 0. The van der Waals surface area contributed by atoms with E-state index in [-0.39, 0.29) is 6.04 Å². The van der Waals surface area contributed by atoms with E-state index < -0.39 is 0 Å². The zero-order valence-electron chi connectivity index (χ0n) is 8.37. The molecule has 2 nitrogen and oxygen atoms in total. The second-order valence-corrected chi connectivity index (χ2v) is 4.14. The number of nitrogens with zero attached hydrogens (tertiary/aromatic N) is 1. The van der Waals surface area contributed by atoms with Gasteiger partial charge >= 0.3 is 0 Å². The lowest BCUT2D eigenvalue weighted by molar-refractivity contribution is 0.867. The summed E-state index contributed by atoms with van der Waals surface area (Å²) in [6, 6.07) is 0.117. The van der Waals surface area contributed by atoms with Gasteiger partial charge in [-0.15, -0.1) is 11.3 Å². The molecule has 1 rings (SSSR count). The number of rotatable bonds is 3. The van der Waals surface area contributed by atoms with Crippen LogP contribution in [0.4, 0.5) is 0 Å². The maximum Gasteiger partial charge on any atom is 0.0929 e. The predicted molar refractivity (Wildman–Crippen MR) is 58.8 cm³/mol. The average Bonchev–Trinajstić information content (AvgIpc) is 2.52. The van der Waals surface area contributed by atoms with Crippen molar-refractivity contribution in [2.45, 2.75) is 33.2 Å². The molecule has 3 heteroatoms. The molecule has 1 heterocycles. The number of hydrogen-bond donors (Lipinski definition) is 1. The first-order chi connectivity index (χ1) is 6.13. The van der Waals surface area contributed by atoms with Gasteiger partial charge in [0.25, 0.3) is 0 Å². The summed E-state index contributed by atoms with van der Waals surface area (Å²) >= 11 is 1.71. The molecule has 72 valence electrons. The molecule has 0 aliphatic rings. The molecule has 0 radical (unpaired) electrons. The smallest absolute Gasteiger partial charge is 0.0929 e. The van der Waals surface area contributed by atoms with Crippen LogP contribution >= 0.6 is 11.3 Å². The van der Waals surface area contributed by atoms with E-state index in [9.17, 15) is 0 Å². The summed E-state index contributed by atoms with van der Waals surface area (Å²) in [5.74, 6) is 0. The largest absolute Gasteiger partial charge is 0.324 e. The molecule has 13 heavy (non-hydrogen) atoms. The van der Waals surface area contributed by atoms with Gasteiger partial charge in [-0.25, -0.2) is 4.98 Å². The van der Waals surface area contributed by atoms with E-state index in [0.717, 1.165) is 12.1 Å². The van der Waals surface area contributed by atoms with E-state index in [0.29, 0.717) is 0 Å². The molecule has 1 atom stereocenters. The van der Waals surface area contributed by atoms with Gasteiger partial charge in [-0.1, -0.05) is 12.5 Å². The molecule has 0 fully saturated rings. The van der Waals surface area contributed by atoms with Crippen molar-refractivity contribution >= 4 is 17.4 Å². The van der Waals surface area contributed by atoms with Crippen LogP contribution in [0.25, 0.3) is 6.08 Å². The van der Waals surface area contributed by atoms with Crippen LogP contribution in [0.3, 0.4) is 0 Å². The number of aryl methyl sites for hydroxylation is 1. The zero-order chi connectivity index (χ0) is 9.84. The Morgan fingerprint density at radius 2 is 2.46 bits per heavy atom. The van der Waals surface area contributed by atoms with Gasteiger partial charge in [0.05, 0.1) is 10.7 Å². The lowest BCUT2D eigenvalue weighted by atomic mass is 10.1. The highest BCUT2D eigenvalue weighted by Crippen LogP contribution is 2.13. The van der Waals surface area contributed by atoms with Crippen molar-refractivity contribution in [3.8, 4) is 0 Å². The summed E-state index contributed by atoms with van der Waals surface area (Å²) in [6.07, 6.45) is 3.07. The topological polar surface area (TPSA) is 38.9 Å². The summed E-state index contributed by atoms with van der Waals surface area (Å²) in [4.78, 5) is 4.44. The average molecular weight is 196 g/mol. The number of aromatic nitrogens is 1. The molecule has 0 saturated carbocycles. The minimum absolute atomic E-state index is 0.117.